The number of para-hydroxylation sites is 1. The van der Waals surface area contributed by atoms with Crippen LogP contribution in [0.4, 0.5) is 4.79 Å². The van der Waals surface area contributed by atoms with Crippen molar-refractivity contribution in [2.75, 3.05) is 14.2 Å². The average Bonchev–Trinajstić information content (AvgIpc) is 2.89. The lowest BCUT2D eigenvalue weighted by molar-refractivity contribution is -0.159. The summed E-state index contributed by atoms with van der Waals surface area (Å²) < 4.78 is 5.15. The average molecular weight is 407 g/mol. The Morgan fingerprint density at radius 2 is 1.59 bits per heavy atom. The minimum Gasteiger partial charge on any atom is -0.496 e. The summed E-state index contributed by atoms with van der Waals surface area (Å²) in [5, 5.41) is 20.1. The maximum atomic E-state index is 12.2. The summed E-state index contributed by atoms with van der Waals surface area (Å²) in [6.07, 6.45) is 4.29. The summed E-state index contributed by atoms with van der Waals surface area (Å²) in [5.74, 6) is -3.64. The second-order valence-electron chi connectivity index (χ2n) is 6.96. The number of carbonyl (C=O) groups excluding carboxylic acids is 2. The van der Waals surface area contributed by atoms with E-state index in [9.17, 15) is 9.59 Å². The van der Waals surface area contributed by atoms with Crippen LogP contribution in [0.15, 0.2) is 24.3 Å². The smallest absolute Gasteiger partial charge is 0.414 e. The molecule has 1 aromatic carbocycles. The molecule has 158 valence electrons. The van der Waals surface area contributed by atoms with E-state index in [0.717, 1.165) is 12.8 Å². The topological polar surface area (TPSA) is 145 Å². The minimum atomic E-state index is -1.82. The Hall–Kier alpha value is -3.14. The molecule has 2 fully saturated rings. The molecule has 3 amide bonds. The molecule has 2 aliphatic heterocycles. The molecule has 0 aliphatic carbocycles. The zero-order valence-corrected chi connectivity index (χ0v) is 16.3. The van der Waals surface area contributed by atoms with Gasteiger partial charge in [0, 0.05) is 18.1 Å². The number of urea groups is 1. The summed E-state index contributed by atoms with van der Waals surface area (Å²) in [6, 6.07) is 7.64. The summed E-state index contributed by atoms with van der Waals surface area (Å²) in [5.41, 5.74) is 0.355. The maximum Gasteiger partial charge on any atom is 0.414 e. The molecule has 0 aromatic heterocycles. The van der Waals surface area contributed by atoms with Gasteiger partial charge in [0.15, 0.2) is 0 Å². The van der Waals surface area contributed by atoms with Crippen LogP contribution in [0.5, 0.6) is 5.75 Å². The molecule has 1 aromatic rings. The number of carboxylic acids is 2. The van der Waals surface area contributed by atoms with E-state index in [1.54, 1.807) is 24.3 Å². The first-order chi connectivity index (χ1) is 13.7. The number of piperidine rings is 1. The third-order valence-corrected chi connectivity index (χ3v) is 5.20. The second-order valence-corrected chi connectivity index (χ2v) is 6.96. The third kappa shape index (κ3) is 5.92. The fraction of sp³-hybridized carbons (Fsp3) is 0.474. The van der Waals surface area contributed by atoms with E-state index in [1.807, 2.05) is 0 Å². The van der Waals surface area contributed by atoms with Crippen LogP contribution in [0.2, 0.25) is 0 Å². The van der Waals surface area contributed by atoms with Crippen LogP contribution in [0, 0.1) is 0 Å². The van der Waals surface area contributed by atoms with Crippen molar-refractivity contribution in [3.63, 3.8) is 0 Å². The Morgan fingerprint density at radius 1 is 1.03 bits per heavy atom. The number of aliphatic carboxylic acids is 2. The normalized spacial score (nSPS) is 22.6. The number of nitrogens with zero attached hydrogens (tertiary/aromatic N) is 1. The molecule has 2 atom stereocenters. The van der Waals surface area contributed by atoms with E-state index in [1.165, 1.54) is 20.0 Å². The highest BCUT2D eigenvalue weighted by molar-refractivity contribution is 6.27. The van der Waals surface area contributed by atoms with E-state index >= 15 is 0 Å². The summed E-state index contributed by atoms with van der Waals surface area (Å²) >= 11 is 0. The van der Waals surface area contributed by atoms with Gasteiger partial charge in [-0.15, -0.1) is 0 Å². The predicted octanol–water partition coefficient (Wildman–Crippen LogP) is 0.915. The molecule has 0 radical (unpaired) electrons. The number of benzene rings is 1. The summed E-state index contributed by atoms with van der Waals surface area (Å²) in [6.45, 7) is 0. The highest BCUT2D eigenvalue weighted by Gasteiger charge is 2.38. The Balaban J connectivity index is 0.000000438. The Kier molecular flexibility index (Phi) is 7.54. The SMILES string of the molecule is COc1ccccc1C(=O)NC(=O)NC1CC2CCC(C1)N2C.O=C(O)C(=O)O. The number of nitrogens with one attached hydrogen (secondary N) is 2. The Bertz CT molecular complexity index is 757. The lowest BCUT2D eigenvalue weighted by Crippen LogP contribution is -2.51. The van der Waals surface area contributed by atoms with Crippen LogP contribution in [-0.4, -0.2) is 71.3 Å². The molecule has 2 aliphatic rings. The van der Waals surface area contributed by atoms with Crippen molar-refractivity contribution in [1.29, 1.82) is 0 Å². The molecule has 2 heterocycles. The summed E-state index contributed by atoms with van der Waals surface area (Å²) in [4.78, 5) is 44.9. The third-order valence-electron chi connectivity index (χ3n) is 5.20. The number of carbonyl (C=O) groups is 4. The van der Waals surface area contributed by atoms with Crippen LogP contribution in [-0.2, 0) is 9.59 Å². The van der Waals surface area contributed by atoms with Gasteiger partial charge in [0.05, 0.1) is 12.7 Å². The van der Waals surface area contributed by atoms with Crippen molar-refractivity contribution >= 4 is 23.9 Å². The molecule has 2 unspecified atom stereocenters. The molecule has 29 heavy (non-hydrogen) atoms. The lowest BCUT2D eigenvalue weighted by atomic mass is 9.98. The highest BCUT2D eigenvalue weighted by Crippen LogP contribution is 2.34. The van der Waals surface area contributed by atoms with Crippen LogP contribution < -0.4 is 15.4 Å². The van der Waals surface area contributed by atoms with Crippen molar-refractivity contribution in [3.8, 4) is 5.75 Å². The minimum absolute atomic E-state index is 0.133. The lowest BCUT2D eigenvalue weighted by Gasteiger charge is -2.36. The number of hydrogen-bond donors (Lipinski definition) is 4. The number of ether oxygens (including phenoxy) is 1. The highest BCUT2D eigenvalue weighted by atomic mass is 16.5. The van der Waals surface area contributed by atoms with Crippen molar-refractivity contribution in [3.05, 3.63) is 29.8 Å². The number of methoxy groups -OCH3 is 1. The zero-order valence-electron chi connectivity index (χ0n) is 16.3. The van der Waals surface area contributed by atoms with Crippen LogP contribution in [0.1, 0.15) is 36.0 Å². The fourth-order valence-electron chi connectivity index (χ4n) is 3.75. The maximum absolute atomic E-state index is 12.2. The molecular weight excluding hydrogens is 382 g/mol. The van der Waals surface area contributed by atoms with Crippen molar-refractivity contribution in [2.24, 2.45) is 0 Å². The van der Waals surface area contributed by atoms with Gasteiger partial charge in [0.1, 0.15) is 5.75 Å². The number of hydrogen-bond acceptors (Lipinski definition) is 6. The number of fused-ring (bicyclic) bond motifs is 2. The molecule has 10 heteroatoms. The zero-order chi connectivity index (χ0) is 21.6. The molecule has 0 saturated carbocycles. The molecule has 3 rings (SSSR count). The van der Waals surface area contributed by atoms with Crippen LogP contribution in [0.3, 0.4) is 0 Å². The van der Waals surface area contributed by atoms with Gasteiger partial charge < -0.3 is 25.2 Å². The van der Waals surface area contributed by atoms with Gasteiger partial charge in [-0.3, -0.25) is 10.1 Å². The van der Waals surface area contributed by atoms with Crippen LogP contribution >= 0.6 is 0 Å². The molecule has 4 N–H and O–H groups in total. The number of carboxylic acid groups (broad SMARTS) is 2. The Labute approximate surface area is 167 Å². The molecular formula is C19H25N3O7. The van der Waals surface area contributed by atoms with Gasteiger partial charge in [-0.25, -0.2) is 14.4 Å². The monoisotopic (exact) mass is 407 g/mol. The van der Waals surface area contributed by atoms with Crippen molar-refractivity contribution in [1.82, 2.24) is 15.5 Å². The van der Waals surface area contributed by atoms with Crippen molar-refractivity contribution in [2.45, 2.75) is 43.8 Å². The predicted molar refractivity (Wildman–Crippen MR) is 102 cm³/mol. The van der Waals surface area contributed by atoms with Gasteiger partial charge >= 0.3 is 18.0 Å². The van der Waals surface area contributed by atoms with E-state index in [-0.39, 0.29) is 6.04 Å². The Morgan fingerprint density at radius 3 is 2.10 bits per heavy atom. The fourth-order valence-corrected chi connectivity index (χ4v) is 3.75. The summed E-state index contributed by atoms with van der Waals surface area (Å²) in [7, 11) is 3.66. The van der Waals surface area contributed by atoms with Crippen molar-refractivity contribution < 1.29 is 34.1 Å². The van der Waals surface area contributed by atoms with Crippen LogP contribution in [0.25, 0.3) is 0 Å². The molecule has 2 saturated heterocycles. The standard InChI is InChI=1S/C17H23N3O3.C2H2O4/c1-20-12-7-8-13(20)10-11(9-12)18-17(22)19-16(21)14-5-3-4-6-15(14)23-2;3-1(4)2(5)6/h3-6,11-13H,7-10H2,1-2H3,(H2,18,19,21,22);(H,3,4)(H,5,6). The first kappa shape index (κ1) is 22.2. The molecule has 2 bridgehead atoms. The van der Waals surface area contributed by atoms with E-state index in [4.69, 9.17) is 24.5 Å². The van der Waals surface area contributed by atoms with Gasteiger partial charge in [-0.2, -0.15) is 0 Å². The van der Waals surface area contributed by atoms with Gasteiger partial charge in [0.2, 0.25) is 0 Å². The van der Waals surface area contributed by atoms with Gasteiger partial charge in [0.25, 0.3) is 5.91 Å². The van der Waals surface area contributed by atoms with E-state index < -0.39 is 23.9 Å². The molecule has 0 spiro atoms. The van der Waals surface area contributed by atoms with E-state index in [2.05, 4.69) is 22.6 Å². The van der Waals surface area contributed by atoms with Gasteiger partial charge in [-0.05, 0) is 44.9 Å². The first-order valence-electron chi connectivity index (χ1n) is 9.16. The van der Waals surface area contributed by atoms with Gasteiger partial charge in [-0.1, -0.05) is 12.1 Å². The number of imide groups is 1. The first-order valence-corrected chi connectivity index (χ1v) is 9.16. The van der Waals surface area contributed by atoms with E-state index in [0.29, 0.717) is 23.4 Å². The molecule has 10 nitrogen and oxygen atoms in total. The largest absolute Gasteiger partial charge is 0.496 e. The number of amides is 3. The quantitative estimate of drug-likeness (QED) is 0.541. The number of rotatable bonds is 3. The second kappa shape index (κ2) is 9.87.